The Morgan fingerprint density at radius 2 is 1.89 bits per heavy atom. The Morgan fingerprint density at radius 1 is 1.11 bits per heavy atom. The van der Waals surface area contributed by atoms with Crippen LogP contribution in [-0.2, 0) is 6.54 Å². The summed E-state index contributed by atoms with van der Waals surface area (Å²) in [6.45, 7) is 0.568. The number of nitrogens with one attached hydrogen (secondary N) is 1. The molecule has 0 unspecified atom stereocenters. The van der Waals surface area contributed by atoms with Crippen LogP contribution in [0.2, 0.25) is 0 Å². The molecule has 0 aliphatic carbocycles. The molecule has 0 aliphatic rings. The molecule has 0 saturated carbocycles. The molecule has 0 spiro atoms. The lowest BCUT2D eigenvalue weighted by Gasteiger charge is -2.15. The van der Waals surface area contributed by atoms with Crippen LogP contribution in [-0.4, -0.2) is 31.5 Å². The van der Waals surface area contributed by atoms with Crippen molar-refractivity contribution in [2.24, 2.45) is 0 Å². The van der Waals surface area contributed by atoms with Crippen molar-refractivity contribution in [1.82, 2.24) is 10.2 Å². The van der Waals surface area contributed by atoms with Crippen molar-refractivity contribution in [1.29, 1.82) is 0 Å². The third-order valence-electron chi connectivity index (χ3n) is 2.58. The summed E-state index contributed by atoms with van der Waals surface area (Å²) in [6, 6.07) is 3.77. The Labute approximate surface area is 115 Å². The molecule has 6 nitrogen and oxygen atoms in total. The highest BCUT2D eigenvalue weighted by Crippen LogP contribution is 2.39. The number of rotatable bonds is 6. The molecule has 0 saturated heterocycles. The quantitative estimate of drug-likeness (QED) is 0.875. The van der Waals surface area contributed by atoms with Crippen LogP contribution < -0.4 is 19.5 Å². The van der Waals surface area contributed by atoms with Crippen molar-refractivity contribution in [2.45, 2.75) is 6.54 Å². The Balaban J connectivity index is 2.24. The van der Waals surface area contributed by atoms with Crippen LogP contribution in [0.15, 0.2) is 17.6 Å². The molecule has 1 aromatic carbocycles. The van der Waals surface area contributed by atoms with Crippen LogP contribution in [0.5, 0.6) is 17.2 Å². The van der Waals surface area contributed by atoms with E-state index in [0.29, 0.717) is 23.8 Å². The number of benzene rings is 1. The van der Waals surface area contributed by atoms with E-state index in [1.54, 1.807) is 26.8 Å². The van der Waals surface area contributed by atoms with E-state index >= 15 is 0 Å². The van der Waals surface area contributed by atoms with E-state index in [1.807, 2.05) is 12.1 Å². The van der Waals surface area contributed by atoms with E-state index in [4.69, 9.17) is 14.2 Å². The summed E-state index contributed by atoms with van der Waals surface area (Å²) in [4.78, 5) is 0. The molecule has 0 amide bonds. The van der Waals surface area contributed by atoms with Gasteiger partial charge in [0.1, 0.15) is 5.51 Å². The molecule has 2 rings (SSSR count). The Bertz CT molecular complexity index is 531. The first kappa shape index (κ1) is 13.4. The van der Waals surface area contributed by atoms with E-state index in [0.717, 1.165) is 10.7 Å². The maximum atomic E-state index is 5.40. The number of hydrogen-bond donors (Lipinski definition) is 1. The number of anilines is 1. The van der Waals surface area contributed by atoms with Crippen LogP contribution in [0.3, 0.4) is 0 Å². The fourth-order valence-electron chi connectivity index (χ4n) is 1.72. The number of methoxy groups -OCH3 is 3. The molecule has 0 radical (unpaired) electrons. The van der Waals surface area contributed by atoms with Crippen LogP contribution in [0.4, 0.5) is 5.13 Å². The standard InChI is InChI=1S/C12H15N3O3S/c1-16-9-5-4-8(10(17-2)11(9)18-3)6-13-12-15-14-7-19-12/h4-5,7H,6H2,1-3H3,(H,13,15). The van der Waals surface area contributed by atoms with Gasteiger partial charge >= 0.3 is 0 Å². The molecule has 7 heteroatoms. The second kappa shape index (κ2) is 6.24. The Morgan fingerprint density at radius 3 is 2.47 bits per heavy atom. The third kappa shape index (κ3) is 2.87. The molecule has 0 aliphatic heterocycles. The van der Waals surface area contributed by atoms with Crippen molar-refractivity contribution in [3.8, 4) is 17.2 Å². The zero-order valence-electron chi connectivity index (χ0n) is 11.0. The topological polar surface area (TPSA) is 65.5 Å². The van der Waals surface area contributed by atoms with Crippen molar-refractivity contribution in [2.75, 3.05) is 26.6 Å². The summed E-state index contributed by atoms with van der Waals surface area (Å²) in [6.07, 6.45) is 0. The van der Waals surface area contributed by atoms with E-state index in [2.05, 4.69) is 15.5 Å². The first-order valence-electron chi connectivity index (χ1n) is 5.58. The lowest BCUT2D eigenvalue weighted by Crippen LogP contribution is -2.04. The summed E-state index contributed by atoms with van der Waals surface area (Å²) < 4.78 is 16.0. The second-order valence-electron chi connectivity index (χ2n) is 3.59. The molecule has 0 fully saturated rings. The fourth-order valence-corrected chi connectivity index (χ4v) is 2.17. The van der Waals surface area contributed by atoms with Crippen LogP contribution in [0.25, 0.3) is 0 Å². The highest BCUT2D eigenvalue weighted by atomic mass is 32.1. The normalized spacial score (nSPS) is 10.1. The molecular formula is C12H15N3O3S. The molecule has 1 N–H and O–H groups in total. The Kier molecular flexibility index (Phi) is 4.40. The van der Waals surface area contributed by atoms with Gasteiger partial charge in [0.15, 0.2) is 11.5 Å². The van der Waals surface area contributed by atoms with Gasteiger partial charge in [-0.25, -0.2) is 0 Å². The van der Waals surface area contributed by atoms with Gasteiger partial charge in [0.05, 0.1) is 21.3 Å². The van der Waals surface area contributed by atoms with Crippen molar-refractivity contribution >= 4 is 16.5 Å². The highest BCUT2D eigenvalue weighted by Gasteiger charge is 2.15. The predicted octanol–water partition coefficient (Wildman–Crippen LogP) is 2.18. The molecule has 0 bridgehead atoms. The van der Waals surface area contributed by atoms with Crippen molar-refractivity contribution < 1.29 is 14.2 Å². The minimum Gasteiger partial charge on any atom is -0.493 e. The van der Waals surface area contributed by atoms with Crippen molar-refractivity contribution in [3.63, 3.8) is 0 Å². The van der Waals surface area contributed by atoms with Gasteiger partial charge in [-0.15, -0.1) is 10.2 Å². The average molecular weight is 281 g/mol. The zero-order valence-corrected chi connectivity index (χ0v) is 11.8. The van der Waals surface area contributed by atoms with Gasteiger partial charge in [-0.2, -0.15) is 0 Å². The number of nitrogens with zero attached hydrogens (tertiary/aromatic N) is 2. The van der Waals surface area contributed by atoms with E-state index < -0.39 is 0 Å². The third-order valence-corrected chi connectivity index (χ3v) is 3.22. The molecule has 1 heterocycles. The first-order valence-corrected chi connectivity index (χ1v) is 6.46. The maximum absolute atomic E-state index is 5.40. The molecule has 0 atom stereocenters. The van der Waals surface area contributed by atoms with Crippen molar-refractivity contribution in [3.05, 3.63) is 23.2 Å². The highest BCUT2D eigenvalue weighted by molar-refractivity contribution is 7.13. The van der Waals surface area contributed by atoms with Crippen LogP contribution in [0.1, 0.15) is 5.56 Å². The van der Waals surface area contributed by atoms with Gasteiger partial charge in [-0.3, -0.25) is 0 Å². The summed E-state index contributed by atoms with van der Waals surface area (Å²) in [5, 5.41) is 11.6. The van der Waals surface area contributed by atoms with Gasteiger partial charge in [0.2, 0.25) is 10.9 Å². The predicted molar refractivity (Wildman–Crippen MR) is 73.3 cm³/mol. The first-order chi connectivity index (χ1) is 9.30. The van der Waals surface area contributed by atoms with E-state index in [-0.39, 0.29) is 0 Å². The molecular weight excluding hydrogens is 266 g/mol. The molecule has 102 valence electrons. The summed E-state index contributed by atoms with van der Waals surface area (Å²) in [7, 11) is 4.78. The van der Waals surface area contributed by atoms with Gasteiger partial charge in [0, 0.05) is 12.1 Å². The van der Waals surface area contributed by atoms with Gasteiger partial charge in [-0.05, 0) is 12.1 Å². The minimum atomic E-state index is 0.568. The van der Waals surface area contributed by atoms with E-state index in [1.165, 1.54) is 11.3 Å². The maximum Gasteiger partial charge on any atom is 0.205 e. The number of ether oxygens (including phenoxy) is 3. The summed E-state index contributed by atoms with van der Waals surface area (Å²) in [5.41, 5.74) is 2.63. The average Bonchev–Trinajstić information content (AvgIpc) is 2.96. The summed E-state index contributed by atoms with van der Waals surface area (Å²) >= 11 is 1.44. The fraction of sp³-hybridized carbons (Fsp3) is 0.333. The Hall–Kier alpha value is -2.02. The van der Waals surface area contributed by atoms with E-state index in [9.17, 15) is 0 Å². The lowest BCUT2D eigenvalue weighted by molar-refractivity contribution is 0.322. The SMILES string of the molecule is COc1ccc(CNc2nncs2)c(OC)c1OC. The zero-order chi connectivity index (χ0) is 13.7. The van der Waals surface area contributed by atoms with Gasteiger partial charge in [0.25, 0.3) is 0 Å². The van der Waals surface area contributed by atoms with Crippen LogP contribution >= 0.6 is 11.3 Å². The number of aromatic nitrogens is 2. The smallest absolute Gasteiger partial charge is 0.205 e. The number of hydrogen-bond acceptors (Lipinski definition) is 7. The second-order valence-corrected chi connectivity index (χ2v) is 4.42. The molecule has 19 heavy (non-hydrogen) atoms. The molecule has 1 aromatic heterocycles. The molecule has 2 aromatic rings. The van der Waals surface area contributed by atoms with Crippen LogP contribution in [0, 0.1) is 0 Å². The monoisotopic (exact) mass is 281 g/mol. The lowest BCUT2D eigenvalue weighted by atomic mass is 10.1. The van der Waals surface area contributed by atoms with Gasteiger partial charge < -0.3 is 19.5 Å². The van der Waals surface area contributed by atoms with Gasteiger partial charge in [-0.1, -0.05) is 11.3 Å². The summed E-state index contributed by atoms with van der Waals surface area (Å²) in [5.74, 6) is 1.87. The minimum absolute atomic E-state index is 0.568. The largest absolute Gasteiger partial charge is 0.493 e.